The van der Waals surface area contributed by atoms with E-state index in [1.807, 2.05) is 0 Å². The van der Waals surface area contributed by atoms with Gasteiger partial charge in [-0.25, -0.2) is 0 Å². The van der Waals surface area contributed by atoms with Gasteiger partial charge in [-0.2, -0.15) is 13.2 Å². The summed E-state index contributed by atoms with van der Waals surface area (Å²) in [6.45, 7) is 0. The first-order chi connectivity index (χ1) is 19.8. The van der Waals surface area contributed by atoms with Gasteiger partial charge in [0.15, 0.2) is 0 Å². The minimum atomic E-state index is -4.76. The molecule has 6 rings (SSSR count). The Morgan fingerprint density at radius 2 is 1.16 bits per heavy atom. The standard InChI is InChI=1S/C12H10F3N2O5P.C11H10ClN2O5P/c13-12(14,15)6-3-5-1-2-8(23(20,21)22)17-9(5)7(4-6)16-10(18)11(17)19;12-6-3-5-1-2-8(20(17,18)19)14-9(5)7(4-6)13-10(15)11(14)16/h3-4,8H,1-2H2,(H,16,18)(H2,20,21,22);3-4,8H,1-2H2,(H,13,15)(H2,17,18,19). The quantitative estimate of drug-likeness (QED) is 0.135. The maximum Gasteiger partial charge on any atom is 0.416 e. The lowest BCUT2D eigenvalue weighted by atomic mass is 10.00. The van der Waals surface area contributed by atoms with Crippen LogP contribution in [0.3, 0.4) is 0 Å². The highest BCUT2D eigenvalue weighted by atomic mass is 35.5. The van der Waals surface area contributed by atoms with Gasteiger partial charge in [0.05, 0.1) is 27.6 Å². The van der Waals surface area contributed by atoms with Gasteiger partial charge in [-0.15, -0.1) is 0 Å². The molecule has 0 fully saturated rings. The van der Waals surface area contributed by atoms with Gasteiger partial charge in [0.1, 0.15) is 11.6 Å². The third-order valence-corrected chi connectivity index (χ3v) is 9.94. The number of benzene rings is 2. The van der Waals surface area contributed by atoms with Gasteiger partial charge in [0, 0.05) is 5.02 Å². The van der Waals surface area contributed by atoms with Crippen LogP contribution in [0.5, 0.6) is 0 Å². The lowest BCUT2D eigenvalue weighted by Crippen LogP contribution is -2.40. The molecule has 43 heavy (non-hydrogen) atoms. The Hall–Kier alpha value is -3.30. The van der Waals surface area contributed by atoms with E-state index in [1.54, 1.807) is 6.07 Å². The summed E-state index contributed by atoms with van der Waals surface area (Å²) in [5.74, 6) is -2.88. The van der Waals surface area contributed by atoms with Gasteiger partial charge in [0.2, 0.25) is 0 Å². The van der Waals surface area contributed by atoms with Crippen molar-refractivity contribution in [3.8, 4) is 0 Å². The molecule has 0 amide bonds. The Morgan fingerprint density at radius 3 is 1.58 bits per heavy atom. The van der Waals surface area contributed by atoms with Crippen molar-refractivity contribution in [2.24, 2.45) is 0 Å². The first-order valence-corrected chi connectivity index (χ1v) is 16.0. The summed E-state index contributed by atoms with van der Waals surface area (Å²) in [6, 6.07) is 4.57. The number of alkyl halides is 3. The van der Waals surface area contributed by atoms with Gasteiger partial charge in [0.25, 0.3) is 0 Å². The molecule has 6 N–H and O–H groups in total. The Balaban J connectivity index is 0.000000173. The molecule has 2 aliphatic rings. The third kappa shape index (κ3) is 5.57. The number of aromatic nitrogens is 4. The number of rotatable bonds is 2. The van der Waals surface area contributed by atoms with Crippen molar-refractivity contribution in [3.63, 3.8) is 0 Å². The van der Waals surface area contributed by atoms with Crippen molar-refractivity contribution in [1.29, 1.82) is 0 Å². The van der Waals surface area contributed by atoms with Crippen LogP contribution in [0.25, 0.3) is 22.1 Å². The third-order valence-electron chi connectivity index (χ3n) is 7.19. The van der Waals surface area contributed by atoms with Gasteiger partial charge in [-0.1, -0.05) is 11.6 Å². The lowest BCUT2D eigenvalue weighted by molar-refractivity contribution is -0.137. The SMILES string of the molecule is O=c1[nH]c2cc(C(F)(F)F)cc3c2n(c1=O)C(P(=O)(O)O)CC3.O=c1[nH]c2cc(Cl)cc3c2n(c1=O)C(P(=O)(O)O)CC3. The van der Waals surface area contributed by atoms with Crippen LogP contribution in [0.2, 0.25) is 5.02 Å². The zero-order chi connectivity index (χ0) is 31.8. The topological polar surface area (TPSA) is 225 Å². The molecule has 0 aliphatic carbocycles. The summed E-state index contributed by atoms with van der Waals surface area (Å²) in [4.78, 5) is 89.3. The number of aryl methyl sites for hydroxylation is 2. The fourth-order valence-corrected chi connectivity index (χ4v) is 7.68. The molecule has 14 nitrogen and oxygen atoms in total. The monoisotopic (exact) mass is 666 g/mol. The van der Waals surface area contributed by atoms with Crippen LogP contribution in [-0.2, 0) is 28.1 Å². The summed E-state index contributed by atoms with van der Waals surface area (Å²) in [5.41, 5.74) is -4.27. The minimum absolute atomic E-state index is 0.0539. The number of hydrogen-bond donors (Lipinski definition) is 6. The van der Waals surface area contributed by atoms with E-state index >= 15 is 0 Å². The molecule has 2 atom stereocenters. The first kappa shape index (κ1) is 31.1. The highest BCUT2D eigenvalue weighted by Crippen LogP contribution is 2.54. The Kier molecular flexibility index (Phi) is 7.54. The molecule has 230 valence electrons. The zero-order valence-corrected chi connectivity index (χ0v) is 23.9. The second-order valence-corrected chi connectivity index (χ2v) is 14.0. The number of nitrogens with one attached hydrogen (secondary N) is 2. The van der Waals surface area contributed by atoms with E-state index in [9.17, 15) is 61.1 Å². The highest BCUT2D eigenvalue weighted by molar-refractivity contribution is 7.52. The molecule has 4 heterocycles. The lowest BCUT2D eigenvalue weighted by Gasteiger charge is -2.28. The van der Waals surface area contributed by atoms with E-state index in [4.69, 9.17) is 11.6 Å². The maximum atomic E-state index is 12.9. The molecule has 2 aromatic heterocycles. The van der Waals surface area contributed by atoms with Crippen molar-refractivity contribution in [3.05, 3.63) is 87.4 Å². The molecular formula is C23H20ClF3N4O10P2. The number of aromatic amines is 2. The first-order valence-electron chi connectivity index (χ1n) is 12.2. The van der Waals surface area contributed by atoms with Crippen LogP contribution >= 0.6 is 26.8 Å². The summed E-state index contributed by atoms with van der Waals surface area (Å²) >= 11 is 5.93. The van der Waals surface area contributed by atoms with Crippen molar-refractivity contribution in [2.75, 3.05) is 0 Å². The summed E-state index contributed by atoms with van der Waals surface area (Å²) in [5, 5.41) is 0.392. The Bertz CT molecular complexity index is 2160. The number of hydrogen-bond acceptors (Lipinski definition) is 6. The van der Waals surface area contributed by atoms with Crippen LogP contribution in [-0.4, -0.2) is 38.7 Å². The van der Waals surface area contributed by atoms with E-state index in [0.717, 1.165) is 10.6 Å². The molecule has 0 radical (unpaired) electrons. The average molecular weight is 667 g/mol. The van der Waals surface area contributed by atoms with E-state index in [-0.39, 0.29) is 35.9 Å². The van der Waals surface area contributed by atoms with E-state index in [0.29, 0.717) is 38.7 Å². The van der Waals surface area contributed by atoms with Gasteiger partial charge in [-0.3, -0.25) is 37.4 Å². The van der Waals surface area contributed by atoms with Crippen LogP contribution in [0.4, 0.5) is 13.2 Å². The van der Waals surface area contributed by atoms with Crippen molar-refractivity contribution in [1.82, 2.24) is 19.1 Å². The molecule has 0 saturated heterocycles. The molecule has 2 aliphatic heterocycles. The van der Waals surface area contributed by atoms with Crippen LogP contribution < -0.4 is 22.2 Å². The molecule has 2 unspecified atom stereocenters. The average Bonchev–Trinajstić information content (AvgIpc) is 2.88. The van der Waals surface area contributed by atoms with Crippen LogP contribution in [0.15, 0.2) is 43.4 Å². The zero-order valence-electron chi connectivity index (χ0n) is 21.3. The van der Waals surface area contributed by atoms with E-state index < -0.39 is 60.7 Å². The van der Waals surface area contributed by atoms with E-state index in [1.165, 1.54) is 6.07 Å². The van der Waals surface area contributed by atoms with Crippen molar-refractivity contribution in [2.45, 2.75) is 43.4 Å². The molecule has 0 spiro atoms. The predicted molar refractivity (Wildman–Crippen MR) is 146 cm³/mol. The Labute approximate surface area is 240 Å². The second-order valence-electron chi connectivity index (χ2n) is 9.97. The smallest absolute Gasteiger partial charge is 0.323 e. The highest BCUT2D eigenvalue weighted by Gasteiger charge is 2.39. The molecule has 0 saturated carbocycles. The van der Waals surface area contributed by atoms with Gasteiger partial charge in [-0.05, 0) is 61.1 Å². The van der Waals surface area contributed by atoms with Crippen LogP contribution in [0.1, 0.15) is 41.1 Å². The molecule has 20 heteroatoms. The molecular weight excluding hydrogens is 647 g/mol. The van der Waals surface area contributed by atoms with E-state index in [2.05, 4.69) is 9.97 Å². The number of H-pyrrole nitrogens is 2. The maximum absolute atomic E-state index is 12.9. The van der Waals surface area contributed by atoms with Crippen molar-refractivity contribution < 1.29 is 41.9 Å². The summed E-state index contributed by atoms with van der Waals surface area (Å²) in [7, 11) is -9.30. The molecule has 0 bridgehead atoms. The summed E-state index contributed by atoms with van der Waals surface area (Å²) < 4.78 is 63.4. The minimum Gasteiger partial charge on any atom is -0.323 e. The summed E-state index contributed by atoms with van der Waals surface area (Å²) in [6.07, 6.45) is -4.49. The largest absolute Gasteiger partial charge is 0.416 e. The number of halogens is 4. The van der Waals surface area contributed by atoms with Gasteiger partial charge >= 0.3 is 43.6 Å². The normalized spacial score (nSPS) is 18.4. The number of nitrogens with zero attached hydrogens (tertiary/aromatic N) is 2. The fraction of sp³-hybridized carbons (Fsp3) is 0.304. The molecule has 2 aromatic carbocycles. The van der Waals surface area contributed by atoms with Crippen LogP contribution in [0, 0.1) is 0 Å². The van der Waals surface area contributed by atoms with Crippen molar-refractivity contribution >= 4 is 48.9 Å². The second kappa shape index (κ2) is 10.4. The predicted octanol–water partition coefficient (Wildman–Crippen LogP) is 2.30. The molecule has 4 aromatic rings. The Morgan fingerprint density at radius 1 is 0.744 bits per heavy atom. The van der Waals surface area contributed by atoms with Gasteiger partial charge < -0.3 is 29.5 Å². The fourth-order valence-electron chi connectivity index (χ4n) is 5.46.